The van der Waals surface area contributed by atoms with Gasteiger partial charge < -0.3 is 9.64 Å². The zero-order valence-electron chi connectivity index (χ0n) is 10.2. The van der Waals surface area contributed by atoms with E-state index < -0.39 is 11.4 Å². The lowest BCUT2D eigenvalue weighted by Gasteiger charge is -2.18. The molecule has 0 aromatic heterocycles. The van der Waals surface area contributed by atoms with Crippen LogP contribution in [0.1, 0.15) is 20.8 Å². The summed E-state index contributed by atoms with van der Waals surface area (Å²) in [6, 6.07) is 0. The first-order valence-corrected chi connectivity index (χ1v) is 4.71. The van der Waals surface area contributed by atoms with Gasteiger partial charge in [0.05, 0.1) is 7.11 Å². The van der Waals surface area contributed by atoms with E-state index >= 15 is 0 Å². The molecule has 0 rings (SSSR count). The monoisotopic (exact) mass is 213 g/mol. The largest absolute Gasteiger partial charge is 0.465 e. The third-order valence-corrected chi connectivity index (χ3v) is 1.72. The van der Waals surface area contributed by atoms with Crippen molar-refractivity contribution < 1.29 is 14.3 Å². The van der Waals surface area contributed by atoms with Crippen molar-refractivity contribution in [2.45, 2.75) is 20.8 Å². The first-order valence-electron chi connectivity index (χ1n) is 4.71. The van der Waals surface area contributed by atoms with E-state index in [1.807, 2.05) is 0 Å². The van der Waals surface area contributed by atoms with E-state index in [0.717, 1.165) is 0 Å². The molecule has 0 spiro atoms. The maximum Gasteiger partial charge on any atom is 0.343 e. The molecule has 0 aromatic rings. The standard InChI is InChI=1S/C11H19NO3/c1-11(2,3)9(13)8(7-12(4)5)10(14)15-6/h7H,1-6H3/b8-7-. The molecule has 0 bridgehead atoms. The fourth-order valence-electron chi connectivity index (χ4n) is 0.976. The lowest BCUT2D eigenvalue weighted by Crippen LogP contribution is -2.28. The van der Waals surface area contributed by atoms with Crippen molar-refractivity contribution in [1.82, 2.24) is 4.90 Å². The number of ether oxygens (including phenoxy) is 1. The highest BCUT2D eigenvalue weighted by Gasteiger charge is 2.29. The van der Waals surface area contributed by atoms with Crippen molar-refractivity contribution in [3.8, 4) is 0 Å². The molecule has 0 radical (unpaired) electrons. The van der Waals surface area contributed by atoms with Gasteiger partial charge in [0.2, 0.25) is 0 Å². The minimum atomic E-state index is -0.594. The number of hydrogen-bond donors (Lipinski definition) is 0. The van der Waals surface area contributed by atoms with E-state index in [4.69, 9.17) is 0 Å². The van der Waals surface area contributed by atoms with Crippen LogP contribution in [-0.4, -0.2) is 37.9 Å². The van der Waals surface area contributed by atoms with Crippen LogP contribution < -0.4 is 0 Å². The van der Waals surface area contributed by atoms with Gasteiger partial charge in [-0.05, 0) is 0 Å². The normalized spacial score (nSPS) is 12.3. The summed E-state index contributed by atoms with van der Waals surface area (Å²) in [7, 11) is 4.76. The number of hydrogen-bond acceptors (Lipinski definition) is 4. The molecule has 0 fully saturated rings. The molecule has 0 unspecified atom stereocenters. The van der Waals surface area contributed by atoms with Crippen molar-refractivity contribution in [1.29, 1.82) is 0 Å². The molecular formula is C11H19NO3. The lowest BCUT2D eigenvalue weighted by atomic mass is 9.86. The Bertz CT molecular complexity index is 285. The molecule has 0 aliphatic rings. The molecule has 0 aromatic carbocycles. The van der Waals surface area contributed by atoms with Crippen LogP contribution >= 0.6 is 0 Å². The molecule has 4 heteroatoms. The predicted molar refractivity (Wildman–Crippen MR) is 58.2 cm³/mol. The lowest BCUT2D eigenvalue weighted by molar-refractivity contribution is -0.139. The number of Topliss-reactive ketones (excluding diaryl/α,β-unsaturated/α-hetero) is 1. The average molecular weight is 213 g/mol. The third kappa shape index (κ3) is 4.14. The molecule has 0 saturated carbocycles. The Morgan fingerprint density at radius 3 is 1.93 bits per heavy atom. The van der Waals surface area contributed by atoms with Gasteiger partial charge in [-0.25, -0.2) is 4.79 Å². The Labute approximate surface area is 90.9 Å². The molecule has 86 valence electrons. The number of nitrogens with zero attached hydrogens (tertiary/aromatic N) is 1. The highest BCUT2D eigenvalue weighted by Crippen LogP contribution is 2.20. The van der Waals surface area contributed by atoms with Crippen molar-refractivity contribution in [2.75, 3.05) is 21.2 Å². The second-order valence-electron chi connectivity index (χ2n) is 4.58. The maximum atomic E-state index is 11.9. The van der Waals surface area contributed by atoms with Gasteiger partial charge in [-0.3, -0.25) is 4.79 Å². The molecule has 0 saturated heterocycles. The fraction of sp³-hybridized carbons (Fsp3) is 0.636. The minimum absolute atomic E-state index is 0.0787. The third-order valence-electron chi connectivity index (χ3n) is 1.72. The minimum Gasteiger partial charge on any atom is -0.465 e. The number of esters is 1. The molecule has 0 atom stereocenters. The Morgan fingerprint density at radius 1 is 1.20 bits per heavy atom. The second-order valence-corrected chi connectivity index (χ2v) is 4.58. The van der Waals surface area contributed by atoms with Crippen LogP contribution in [0.2, 0.25) is 0 Å². The summed E-state index contributed by atoms with van der Waals surface area (Å²) in [5.74, 6) is -0.813. The molecular weight excluding hydrogens is 194 g/mol. The van der Waals surface area contributed by atoms with E-state index in [-0.39, 0.29) is 11.4 Å². The van der Waals surface area contributed by atoms with Crippen LogP contribution in [0, 0.1) is 5.41 Å². The van der Waals surface area contributed by atoms with Crippen molar-refractivity contribution in [3.05, 3.63) is 11.8 Å². The topological polar surface area (TPSA) is 46.6 Å². The van der Waals surface area contributed by atoms with Crippen LogP contribution in [0.5, 0.6) is 0 Å². The maximum absolute atomic E-state index is 11.9. The summed E-state index contributed by atoms with van der Waals surface area (Å²) < 4.78 is 4.57. The predicted octanol–water partition coefficient (Wildman–Crippen LogP) is 1.22. The Balaban J connectivity index is 5.14. The molecule has 0 amide bonds. The molecule has 0 aliphatic heterocycles. The Morgan fingerprint density at radius 2 is 1.67 bits per heavy atom. The molecule has 0 heterocycles. The van der Waals surface area contributed by atoms with Crippen molar-refractivity contribution >= 4 is 11.8 Å². The zero-order valence-corrected chi connectivity index (χ0v) is 10.2. The van der Waals surface area contributed by atoms with E-state index in [1.54, 1.807) is 39.8 Å². The SMILES string of the molecule is COC(=O)/C(=C\N(C)C)C(=O)C(C)(C)C. The van der Waals surface area contributed by atoms with Crippen molar-refractivity contribution in [2.24, 2.45) is 5.41 Å². The van der Waals surface area contributed by atoms with Gasteiger partial charge in [0.15, 0.2) is 5.78 Å². The molecule has 0 N–H and O–H groups in total. The van der Waals surface area contributed by atoms with Gasteiger partial charge in [-0.1, -0.05) is 20.8 Å². The van der Waals surface area contributed by atoms with E-state index in [1.165, 1.54) is 13.3 Å². The first kappa shape index (κ1) is 13.7. The first-order chi connectivity index (χ1) is 6.70. The Kier molecular flexibility index (Phi) is 4.52. The number of rotatable bonds is 3. The summed E-state index contributed by atoms with van der Waals surface area (Å²) in [6.07, 6.45) is 1.49. The summed E-state index contributed by atoms with van der Waals surface area (Å²) in [5.41, 5.74) is -0.509. The van der Waals surface area contributed by atoms with Gasteiger partial charge >= 0.3 is 5.97 Å². The molecule has 4 nitrogen and oxygen atoms in total. The quantitative estimate of drug-likeness (QED) is 0.306. The van der Waals surface area contributed by atoms with Gasteiger partial charge in [0, 0.05) is 25.7 Å². The van der Waals surface area contributed by atoms with Gasteiger partial charge in [-0.2, -0.15) is 0 Å². The number of ketones is 1. The average Bonchev–Trinajstić information content (AvgIpc) is 2.10. The zero-order chi connectivity index (χ0) is 12.2. The number of carbonyl (C=O) groups is 2. The van der Waals surface area contributed by atoms with Crippen LogP contribution in [0.4, 0.5) is 0 Å². The Hall–Kier alpha value is -1.32. The van der Waals surface area contributed by atoms with Gasteiger partial charge in [0.1, 0.15) is 5.57 Å². The van der Waals surface area contributed by atoms with Crippen LogP contribution in [-0.2, 0) is 14.3 Å². The molecule has 0 aliphatic carbocycles. The summed E-state index contributed by atoms with van der Waals surface area (Å²) in [5, 5.41) is 0. The molecule has 15 heavy (non-hydrogen) atoms. The van der Waals surface area contributed by atoms with Crippen LogP contribution in [0.3, 0.4) is 0 Å². The number of carbonyl (C=O) groups excluding carboxylic acids is 2. The summed E-state index contributed by atoms with van der Waals surface area (Å²) in [6.45, 7) is 5.30. The number of methoxy groups -OCH3 is 1. The van der Waals surface area contributed by atoms with E-state index in [2.05, 4.69) is 4.74 Å². The second kappa shape index (κ2) is 4.96. The van der Waals surface area contributed by atoms with E-state index in [9.17, 15) is 9.59 Å². The van der Waals surface area contributed by atoms with E-state index in [0.29, 0.717) is 0 Å². The van der Waals surface area contributed by atoms with Gasteiger partial charge in [0.25, 0.3) is 0 Å². The highest BCUT2D eigenvalue weighted by atomic mass is 16.5. The fourth-order valence-corrected chi connectivity index (χ4v) is 0.976. The summed E-state index contributed by atoms with van der Waals surface area (Å²) in [4.78, 5) is 25.0. The summed E-state index contributed by atoms with van der Waals surface area (Å²) >= 11 is 0. The van der Waals surface area contributed by atoms with Crippen molar-refractivity contribution in [3.63, 3.8) is 0 Å². The van der Waals surface area contributed by atoms with Crippen LogP contribution in [0.25, 0.3) is 0 Å². The van der Waals surface area contributed by atoms with Crippen LogP contribution in [0.15, 0.2) is 11.8 Å². The highest BCUT2D eigenvalue weighted by molar-refractivity contribution is 6.18. The smallest absolute Gasteiger partial charge is 0.343 e. The van der Waals surface area contributed by atoms with Gasteiger partial charge in [-0.15, -0.1) is 0 Å².